The summed E-state index contributed by atoms with van der Waals surface area (Å²) in [6.45, 7) is -0.233. The fourth-order valence-corrected chi connectivity index (χ4v) is 3.98. The standard InChI is InChI=1S/C25H20ClN5O5S/c1-35-20-12-15(2-7-19(20)36-14-22(32)28-18-5-3-17(26)4-6-18)13-21-24(34)29-25(37-21)31-30-23(33)16-8-10-27-11-9-16/h2-13H,14H2,1H3,(H,28,32)(H,30,33)(H,29,31,34)/b21-13-. The van der Waals surface area contributed by atoms with Crippen LogP contribution in [0.25, 0.3) is 6.08 Å². The molecule has 0 radical (unpaired) electrons. The van der Waals surface area contributed by atoms with Gasteiger partial charge in [-0.3, -0.25) is 24.7 Å². The number of halogens is 1. The average Bonchev–Trinajstić information content (AvgIpc) is 3.26. The zero-order chi connectivity index (χ0) is 26.2. The maximum absolute atomic E-state index is 12.4. The summed E-state index contributed by atoms with van der Waals surface area (Å²) in [6, 6.07) is 14.8. The number of thioether (sulfide) groups is 1. The number of rotatable bonds is 8. The summed E-state index contributed by atoms with van der Waals surface area (Å²) in [4.78, 5) is 40.9. The van der Waals surface area contributed by atoms with E-state index in [4.69, 9.17) is 21.1 Å². The third kappa shape index (κ3) is 7.09. The molecule has 1 fully saturated rings. The van der Waals surface area contributed by atoms with Crippen molar-refractivity contribution in [1.29, 1.82) is 0 Å². The van der Waals surface area contributed by atoms with Crippen molar-refractivity contribution in [2.24, 2.45) is 5.10 Å². The van der Waals surface area contributed by atoms with E-state index in [9.17, 15) is 14.4 Å². The molecule has 3 N–H and O–H groups in total. The summed E-state index contributed by atoms with van der Waals surface area (Å²) in [5, 5.41) is 10.1. The van der Waals surface area contributed by atoms with Crippen LogP contribution in [0.2, 0.25) is 5.02 Å². The lowest BCUT2D eigenvalue weighted by molar-refractivity contribution is -0.118. The minimum atomic E-state index is -0.427. The zero-order valence-electron chi connectivity index (χ0n) is 19.4. The summed E-state index contributed by atoms with van der Waals surface area (Å²) < 4.78 is 11.0. The van der Waals surface area contributed by atoms with E-state index in [1.807, 2.05) is 0 Å². The maximum Gasteiger partial charge on any atom is 0.271 e. The van der Waals surface area contributed by atoms with Gasteiger partial charge in [-0.25, -0.2) is 5.43 Å². The van der Waals surface area contributed by atoms with Gasteiger partial charge in [0.05, 0.1) is 12.0 Å². The van der Waals surface area contributed by atoms with Gasteiger partial charge in [-0.05, 0) is 71.9 Å². The van der Waals surface area contributed by atoms with E-state index in [1.54, 1.807) is 60.7 Å². The molecule has 37 heavy (non-hydrogen) atoms. The van der Waals surface area contributed by atoms with Gasteiger partial charge in [-0.15, -0.1) is 5.10 Å². The van der Waals surface area contributed by atoms with Crippen LogP contribution in [0.4, 0.5) is 5.69 Å². The van der Waals surface area contributed by atoms with Crippen LogP contribution in [-0.2, 0) is 9.59 Å². The molecule has 0 bridgehead atoms. The van der Waals surface area contributed by atoms with E-state index in [0.717, 1.165) is 11.8 Å². The number of ether oxygens (including phenoxy) is 2. The highest BCUT2D eigenvalue weighted by molar-refractivity contribution is 8.18. The minimum absolute atomic E-state index is 0.233. The van der Waals surface area contributed by atoms with Gasteiger partial charge in [0.25, 0.3) is 17.7 Å². The lowest BCUT2D eigenvalue weighted by Crippen LogP contribution is -2.25. The van der Waals surface area contributed by atoms with Crippen molar-refractivity contribution in [3.63, 3.8) is 0 Å². The predicted octanol–water partition coefficient (Wildman–Crippen LogP) is 3.67. The van der Waals surface area contributed by atoms with Crippen molar-refractivity contribution in [1.82, 2.24) is 15.7 Å². The normalized spacial score (nSPS) is 14.8. The molecular formula is C25H20ClN5O5S. The van der Waals surface area contributed by atoms with E-state index in [2.05, 4.69) is 26.1 Å². The molecule has 12 heteroatoms. The van der Waals surface area contributed by atoms with Gasteiger partial charge in [-0.2, -0.15) is 0 Å². The number of methoxy groups -OCH3 is 1. The number of nitrogens with one attached hydrogen (secondary N) is 3. The SMILES string of the molecule is COc1cc(/C=C2\S/C(=N/NC(=O)c3ccncc3)NC2=O)ccc1OCC(=O)Nc1ccc(Cl)cc1. The highest BCUT2D eigenvalue weighted by Gasteiger charge is 2.24. The topological polar surface area (TPSA) is 131 Å². The van der Waals surface area contributed by atoms with Gasteiger partial charge < -0.3 is 14.8 Å². The van der Waals surface area contributed by atoms with Crippen molar-refractivity contribution in [3.8, 4) is 11.5 Å². The Bertz CT molecular complexity index is 1380. The second-order valence-electron chi connectivity index (χ2n) is 7.41. The largest absolute Gasteiger partial charge is 0.493 e. The Kier molecular flexibility index (Phi) is 8.39. The van der Waals surface area contributed by atoms with E-state index in [0.29, 0.717) is 38.2 Å². The fourth-order valence-electron chi connectivity index (χ4n) is 3.07. The summed E-state index contributed by atoms with van der Waals surface area (Å²) in [6.07, 6.45) is 4.64. The number of anilines is 1. The number of nitrogens with zero attached hydrogens (tertiary/aromatic N) is 2. The number of carbonyl (C=O) groups excluding carboxylic acids is 3. The number of amidine groups is 1. The van der Waals surface area contributed by atoms with Crippen molar-refractivity contribution in [2.75, 3.05) is 19.0 Å². The average molecular weight is 538 g/mol. The molecule has 2 heterocycles. The van der Waals surface area contributed by atoms with Crippen molar-refractivity contribution < 1.29 is 23.9 Å². The molecule has 10 nitrogen and oxygen atoms in total. The Morgan fingerprint density at radius 1 is 1.11 bits per heavy atom. The first-order valence-corrected chi connectivity index (χ1v) is 12.0. The zero-order valence-corrected chi connectivity index (χ0v) is 20.9. The highest BCUT2D eigenvalue weighted by atomic mass is 35.5. The molecular weight excluding hydrogens is 518 g/mol. The number of carbonyl (C=O) groups is 3. The molecule has 0 unspecified atom stereocenters. The van der Waals surface area contributed by atoms with Gasteiger partial charge in [-0.1, -0.05) is 17.7 Å². The Morgan fingerprint density at radius 3 is 2.59 bits per heavy atom. The van der Waals surface area contributed by atoms with E-state index >= 15 is 0 Å². The van der Waals surface area contributed by atoms with E-state index in [-0.39, 0.29) is 23.6 Å². The lowest BCUT2D eigenvalue weighted by atomic mass is 10.2. The lowest BCUT2D eigenvalue weighted by Gasteiger charge is -2.11. The summed E-state index contributed by atoms with van der Waals surface area (Å²) in [5.41, 5.74) is 4.04. The molecule has 0 atom stereocenters. The number of hydrogen-bond acceptors (Lipinski definition) is 8. The van der Waals surface area contributed by atoms with Gasteiger partial charge in [0.15, 0.2) is 23.3 Å². The van der Waals surface area contributed by atoms with Gasteiger partial charge >= 0.3 is 0 Å². The third-order valence-electron chi connectivity index (χ3n) is 4.82. The van der Waals surface area contributed by atoms with Crippen LogP contribution in [0.15, 0.2) is 77.0 Å². The Balaban J connectivity index is 1.37. The van der Waals surface area contributed by atoms with Crippen LogP contribution in [0.5, 0.6) is 11.5 Å². The predicted molar refractivity (Wildman–Crippen MR) is 141 cm³/mol. The number of hydrazone groups is 1. The van der Waals surface area contributed by atoms with Gasteiger partial charge in [0.2, 0.25) is 0 Å². The quantitative estimate of drug-likeness (QED) is 0.295. The molecule has 1 aromatic heterocycles. The molecule has 1 saturated heterocycles. The Morgan fingerprint density at radius 2 is 1.86 bits per heavy atom. The van der Waals surface area contributed by atoms with E-state index in [1.165, 1.54) is 19.5 Å². The maximum atomic E-state index is 12.4. The molecule has 3 amide bonds. The summed E-state index contributed by atoms with van der Waals surface area (Å²) in [7, 11) is 1.47. The number of amides is 3. The van der Waals surface area contributed by atoms with Crippen LogP contribution in [-0.4, -0.2) is 41.6 Å². The molecule has 0 spiro atoms. The number of aromatic nitrogens is 1. The van der Waals surface area contributed by atoms with Crippen molar-refractivity contribution in [3.05, 3.63) is 88.0 Å². The fraction of sp³-hybridized carbons (Fsp3) is 0.0800. The summed E-state index contributed by atoms with van der Waals surface area (Å²) in [5.74, 6) is -0.391. The van der Waals surface area contributed by atoms with Crippen molar-refractivity contribution >= 4 is 58.0 Å². The molecule has 188 valence electrons. The molecule has 2 aromatic carbocycles. The molecule has 0 aliphatic carbocycles. The van der Waals surface area contributed by atoms with Crippen LogP contribution >= 0.6 is 23.4 Å². The first kappa shape index (κ1) is 25.7. The highest BCUT2D eigenvalue weighted by Crippen LogP contribution is 2.31. The van der Waals surface area contributed by atoms with Crippen LogP contribution in [0, 0.1) is 0 Å². The third-order valence-corrected chi connectivity index (χ3v) is 5.99. The second kappa shape index (κ2) is 12.1. The smallest absolute Gasteiger partial charge is 0.271 e. The summed E-state index contributed by atoms with van der Waals surface area (Å²) >= 11 is 6.92. The number of benzene rings is 2. The van der Waals surface area contributed by atoms with Crippen LogP contribution in [0.1, 0.15) is 15.9 Å². The Labute approximate surface area is 221 Å². The van der Waals surface area contributed by atoms with Crippen molar-refractivity contribution in [2.45, 2.75) is 0 Å². The molecule has 3 aromatic rings. The van der Waals surface area contributed by atoms with Crippen LogP contribution in [0.3, 0.4) is 0 Å². The molecule has 4 rings (SSSR count). The second-order valence-corrected chi connectivity index (χ2v) is 8.88. The first-order valence-electron chi connectivity index (χ1n) is 10.8. The number of pyridine rings is 1. The molecule has 1 aliphatic heterocycles. The van der Waals surface area contributed by atoms with Gasteiger partial charge in [0.1, 0.15) is 0 Å². The first-order chi connectivity index (χ1) is 17.9. The number of hydrogen-bond donors (Lipinski definition) is 3. The van der Waals surface area contributed by atoms with Crippen LogP contribution < -0.4 is 25.5 Å². The minimum Gasteiger partial charge on any atom is -0.493 e. The Hall–Kier alpha value is -4.35. The van der Waals surface area contributed by atoms with E-state index < -0.39 is 5.91 Å². The van der Waals surface area contributed by atoms with Gasteiger partial charge in [0, 0.05) is 28.7 Å². The monoisotopic (exact) mass is 537 g/mol. The molecule has 0 saturated carbocycles. The molecule has 1 aliphatic rings.